The van der Waals surface area contributed by atoms with Crippen LogP contribution in [-0.2, 0) is 4.79 Å². The molecule has 0 bridgehead atoms. The summed E-state index contributed by atoms with van der Waals surface area (Å²) >= 11 is 0. The van der Waals surface area contributed by atoms with Crippen LogP contribution in [0, 0.1) is 5.82 Å². The topological polar surface area (TPSA) is 41.1 Å². The largest absolute Gasteiger partial charge is 0.325 e. The van der Waals surface area contributed by atoms with Crippen LogP contribution >= 0.6 is 12.4 Å². The monoisotopic (exact) mass is 246 g/mol. The lowest BCUT2D eigenvalue weighted by molar-refractivity contribution is -0.115. The molecule has 0 aliphatic carbocycles. The van der Waals surface area contributed by atoms with Gasteiger partial charge in [-0.15, -0.1) is 12.4 Å². The highest BCUT2D eigenvalue weighted by molar-refractivity contribution is 5.92. The van der Waals surface area contributed by atoms with Crippen LogP contribution in [0.1, 0.15) is 13.8 Å². The van der Waals surface area contributed by atoms with Crippen LogP contribution < -0.4 is 10.6 Å². The van der Waals surface area contributed by atoms with E-state index in [0.717, 1.165) is 0 Å². The van der Waals surface area contributed by atoms with Gasteiger partial charge in [-0.3, -0.25) is 4.79 Å². The lowest BCUT2D eigenvalue weighted by Crippen LogP contribution is -2.32. The number of hydrogen-bond donors (Lipinski definition) is 2. The number of nitrogens with one attached hydrogen (secondary N) is 2. The van der Waals surface area contributed by atoms with Crippen LogP contribution in [0.25, 0.3) is 0 Å². The summed E-state index contributed by atoms with van der Waals surface area (Å²) in [5.41, 5.74) is 0.604. The van der Waals surface area contributed by atoms with E-state index < -0.39 is 0 Å². The Hall–Kier alpha value is -1.13. The normalized spacial score (nSPS) is 9.75. The van der Waals surface area contributed by atoms with Gasteiger partial charge in [-0.2, -0.15) is 0 Å². The molecule has 0 unspecified atom stereocenters. The van der Waals surface area contributed by atoms with Crippen molar-refractivity contribution in [2.24, 2.45) is 0 Å². The Balaban J connectivity index is 0.00000225. The van der Waals surface area contributed by atoms with Crippen LogP contribution in [0.15, 0.2) is 24.3 Å². The molecule has 5 heteroatoms. The van der Waals surface area contributed by atoms with Gasteiger partial charge in [-0.25, -0.2) is 4.39 Å². The van der Waals surface area contributed by atoms with Crippen molar-refractivity contribution >= 4 is 24.0 Å². The Morgan fingerprint density at radius 2 is 1.88 bits per heavy atom. The SMILES string of the molecule is CC(C)NCC(=O)Nc1ccc(F)cc1.Cl. The molecular formula is C11H16ClFN2O. The molecule has 0 aliphatic heterocycles. The van der Waals surface area contributed by atoms with Crippen molar-refractivity contribution in [3.05, 3.63) is 30.1 Å². The molecule has 0 atom stereocenters. The van der Waals surface area contributed by atoms with Gasteiger partial charge in [0, 0.05) is 11.7 Å². The number of halogens is 2. The summed E-state index contributed by atoms with van der Waals surface area (Å²) in [7, 11) is 0. The van der Waals surface area contributed by atoms with E-state index in [9.17, 15) is 9.18 Å². The lowest BCUT2D eigenvalue weighted by Gasteiger charge is -2.08. The summed E-state index contributed by atoms with van der Waals surface area (Å²) in [5.74, 6) is -0.441. The average Bonchev–Trinajstić information content (AvgIpc) is 2.19. The van der Waals surface area contributed by atoms with E-state index in [0.29, 0.717) is 5.69 Å². The zero-order valence-corrected chi connectivity index (χ0v) is 10.1. The first-order valence-electron chi connectivity index (χ1n) is 4.86. The molecule has 0 heterocycles. The van der Waals surface area contributed by atoms with Crippen molar-refractivity contribution in [1.29, 1.82) is 0 Å². The van der Waals surface area contributed by atoms with E-state index >= 15 is 0 Å². The van der Waals surface area contributed by atoms with Gasteiger partial charge >= 0.3 is 0 Å². The van der Waals surface area contributed by atoms with Gasteiger partial charge in [0.1, 0.15) is 5.82 Å². The van der Waals surface area contributed by atoms with Gasteiger partial charge in [0.2, 0.25) is 5.91 Å². The summed E-state index contributed by atoms with van der Waals surface area (Å²) in [5, 5.41) is 5.65. The van der Waals surface area contributed by atoms with E-state index in [-0.39, 0.29) is 36.7 Å². The maximum absolute atomic E-state index is 12.6. The van der Waals surface area contributed by atoms with Crippen molar-refractivity contribution in [2.45, 2.75) is 19.9 Å². The fourth-order valence-corrected chi connectivity index (χ4v) is 1.04. The zero-order valence-electron chi connectivity index (χ0n) is 9.29. The highest BCUT2D eigenvalue weighted by Gasteiger charge is 2.02. The molecule has 2 N–H and O–H groups in total. The molecule has 1 aromatic carbocycles. The number of rotatable bonds is 4. The van der Waals surface area contributed by atoms with Gasteiger partial charge < -0.3 is 10.6 Å². The quantitative estimate of drug-likeness (QED) is 0.855. The molecule has 0 aromatic heterocycles. The number of carbonyl (C=O) groups is 1. The van der Waals surface area contributed by atoms with Gasteiger partial charge in [0.05, 0.1) is 6.54 Å². The number of hydrogen-bond acceptors (Lipinski definition) is 2. The van der Waals surface area contributed by atoms with Crippen LogP contribution in [-0.4, -0.2) is 18.5 Å². The van der Waals surface area contributed by atoms with Gasteiger partial charge in [-0.1, -0.05) is 13.8 Å². The number of amides is 1. The lowest BCUT2D eigenvalue weighted by atomic mass is 10.3. The average molecular weight is 247 g/mol. The van der Waals surface area contributed by atoms with Crippen molar-refractivity contribution in [1.82, 2.24) is 5.32 Å². The van der Waals surface area contributed by atoms with Crippen molar-refractivity contribution in [3.63, 3.8) is 0 Å². The molecule has 16 heavy (non-hydrogen) atoms. The highest BCUT2D eigenvalue weighted by atomic mass is 35.5. The maximum Gasteiger partial charge on any atom is 0.238 e. The fourth-order valence-electron chi connectivity index (χ4n) is 1.04. The van der Waals surface area contributed by atoms with E-state index in [4.69, 9.17) is 0 Å². The van der Waals surface area contributed by atoms with Gasteiger partial charge in [-0.05, 0) is 24.3 Å². The summed E-state index contributed by atoms with van der Waals surface area (Å²) in [6.07, 6.45) is 0. The Kier molecular flexibility index (Phi) is 6.69. The van der Waals surface area contributed by atoms with Crippen LogP contribution in [0.3, 0.4) is 0 Å². The molecule has 90 valence electrons. The smallest absolute Gasteiger partial charge is 0.238 e. The van der Waals surface area contributed by atoms with Crippen LogP contribution in [0.4, 0.5) is 10.1 Å². The van der Waals surface area contributed by atoms with E-state index in [2.05, 4.69) is 10.6 Å². The van der Waals surface area contributed by atoms with E-state index in [1.807, 2.05) is 13.8 Å². The molecule has 0 aliphatic rings. The van der Waals surface area contributed by atoms with Crippen LogP contribution in [0.2, 0.25) is 0 Å². The third kappa shape index (κ3) is 5.68. The summed E-state index contributed by atoms with van der Waals surface area (Å²) in [4.78, 5) is 11.3. The minimum Gasteiger partial charge on any atom is -0.325 e. The van der Waals surface area contributed by atoms with Crippen molar-refractivity contribution < 1.29 is 9.18 Å². The predicted octanol–water partition coefficient (Wildman–Crippen LogP) is 2.18. The Bertz CT molecular complexity index is 327. The second kappa shape index (κ2) is 7.19. The molecular weight excluding hydrogens is 231 g/mol. The molecule has 1 amide bonds. The molecule has 0 saturated heterocycles. The zero-order chi connectivity index (χ0) is 11.3. The number of carbonyl (C=O) groups excluding carboxylic acids is 1. The summed E-state index contributed by atoms with van der Waals surface area (Å²) in [6, 6.07) is 5.95. The van der Waals surface area contributed by atoms with Crippen LogP contribution in [0.5, 0.6) is 0 Å². The Morgan fingerprint density at radius 1 is 1.31 bits per heavy atom. The Labute approximate surface area is 101 Å². The van der Waals surface area contributed by atoms with E-state index in [1.54, 1.807) is 0 Å². The Morgan fingerprint density at radius 3 is 2.38 bits per heavy atom. The molecule has 1 aromatic rings. The first-order valence-corrected chi connectivity index (χ1v) is 4.86. The fraction of sp³-hybridized carbons (Fsp3) is 0.364. The number of anilines is 1. The highest BCUT2D eigenvalue weighted by Crippen LogP contribution is 2.07. The molecule has 0 spiro atoms. The van der Waals surface area contributed by atoms with Crippen molar-refractivity contribution in [3.8, 4) is 0 Å². The maximum atomic E-state index is 12.6. The second-order valence-electron chi connectivity index (χ2n) is 3.59. The molecule has 1 rings (SSSR count). The molecule has 0 saturated carbocycles. The summed E-state index contributed by atoms with van der Waals surface area (Å²) in [6.45, 7) is 4.19. The third-order valence-electron chi connectivity index (χ3n) is 1.80. The summed E-state index contributed by atoms with van der Waals surface area (Å²) < 4.78 is 12.6. The first kappa shape index (κ1) is 14.9. The predicted molar refractivity (Wildman–Crippen MR) is 65.4 cm³/mol. The first-order chi connectivity index (χ1) is 7.08. The molecule has 0 radical (unpaired) electrons. The minimum absolute atomic E-state index is 0. The second-order valence-corrected chi connectivity index (χ2v) is 3.59. The minimum atomic E-state index is -0.312. The molecule has 0 fully saturated rings. The van der Waals surface area contributed by atoms with Gasteiger partial charge in [0.15, 0.2) is 0 Å². The molecule has 3 nitrogen and oxygen atoms in total. The van der Waals surface area contributed by atoms with E-state index in [1.165, 1.54) is 24.3 Å². The standard InChI is InChI=1S/C11H15FN2O.ClH/c1-8(2)13-7-11(15)14-10-5-3-9(12)4-6-10;/h3-6,8,13H,7H2,1-2H3,(H,14,15);1H. The van der Waals surface area contributed by atoms with Crippen molar-refractivity contribution in [2.75, 3.05) is 11.9 Å². The number of benzene rings is 1. The third-order valence-corrected chi connectivity index (χ3v) is 1.80. The van der Waals surface area contributed by atoms with Gasteiger partial charge in [0.25, 0.3) is 0 Å².